The van der Waals surface area contributed by atoms with Crippen molar-refractivity contribution in [3.05, 3.63) is 35.9 Å². The van der Waals surface area contributed by atoms with Gasteiger partial charge in [-0.3, -0.25) is 0 Å². The van der Waals surface area contributed by atoms with Crippen molar-refractivity contribution >= 4 is 10.0 Å². The number of benzene rings is 1. The predicted octanol–water partition coefficient (Wildman–Crippen LogP) is 2.15. The van der Waals surface area contributed by atoms with E-state index in [1.54, 1.807) is 4.31 Å². The minimum atomic E-state index is -3.03. The van der Waals surface area contributed by atoms with Gasteiger partial charge >= 0.3 is 0 Å². The molecule has 0 radical (unpaired) electrons. The molecule has 1 aromatic carbocycles. The topological polar surface area (TPSA) is 49.4 Å². The van der Waals surface area contributed by atoms with Crippen LogP contribution in [-0.4, -0.2) is 38.1 Å². The van der Waals surface area contributed by atoms with Gasteiger partial charge in [0.1, 0.15) is 0 Å². The summed E-state index contributed by atoms with van der Waals surface area (Å²) < 4.78 is 24.6. The van der Waals surface area contributed by atoms with E-state index in [-0.39, 0.29) is 0 Å². The third kappa shape index (κ3) is 4.04. The summed E-state index contributed by atoms with van der Waals surface area (Å²) in [6, 6.07) is 11.2. The second kappa shape index (κ2) is 6.70. The molecule has 5 heteroatoms. The van der Waals surface area contributed by atoms with Crippen molar-refractivity contribution < 1.29 is 8.42 Å². The lowest BCUT2D eigenvalue weighted by atomic mass is 10.00. The molecule has 112 valence electrons. The van der Waals surface area contributed by atoms with Gasteiger partial charge in [-0.1, -0.05) is 37.3 Å². The van der Waals surface area contributed by atoms with E-state index >= 15 is 0 Å². The summed E-state index contributed by atoms with van der Waals surface area (Å²) in [4.78, 5) is 0. The highest BCUT2D eigenvalue weighted by Crippen LogP contribution is 2.20. The molecule has 1 atom stereocenters. The highest BCUT2D eigenvalue weighted by atomic mass is 32.2. The average molecular weight is 296 g/mol. The lowest BCUT2D eigenvalue weighted by molar-refractivity contribution is 0.272. The Kier molecular flexibility index (Phi) is 5.18. The Hall–Kier alpha value is -0.910. The second-order valence-electron chi connectivity index (χ2n) is 5.47. The summed E-state index contributed by atoms with van der Waals surface area (Å²) in [5, 5.41) is 3.67. The molecule has 1 saturated heterocycles. The molecule has 2 rings (SSSR count). The Bertz CT molecular complexity index is 508. The summed E-state index contributed by atoms with van der Waals surface area (Å²) in [5.74, 6) is 0. The van der Waals surface area contributed by atoms with Crippen LogP contribution in [0.15, 0.2) is 30.3 Å². The first-order chi connectivity index (χ1) is 9.50. The summed E-state index contributed by atoms with van der Waals surface area (Å²) in [5.41, 5.74) is 1.31. The standard InChI is InChI=1S/C15H24N2O2S/c1-3-15(13-7-5-4-6-8-13)16-14-9-11-17(12-10-14)20(2,18)19/h4-8,14-16H,3,9-12H2,1-2H3. The van der Waals surface area contributed by atoms with Crippen molar-refractivity contribution in [3.63, 3.8) is 0 Å². The lowest BCUT2D eigenvalue weighted by Gasteiger charge is -2.33. The zero-order valence-electron chi connectivity index (χ0n) is 12.2. The van der Waals surface area contributed by atoms with Crippen molar-refractivity contribution in [3.8, 4) is 0 Å². The molecule has 0 aromatic heterocycles. The number of nitrogens with one attached hydrogen (secondary N) is 1. The number of sulfonamides is 1. The second-order valence-corrected chi connectivity index (χ2v) is 7.46. The number of piperidine rings is 1. The Morgan fingerprint density at radius 1 is 1.25 bits per heavy atom. The fraction of sp³-hybridized carbons (Fsp3) is 0.600. The molecule has 0 saturated carbocycles. The molecule has 1 aliphatic heterocycles. The third-order valence-electron chi connectivity index (χ3n) is 3.97. The van der Waals surface area contributed by atoms with Crippen LogP contribution in [0.25, 0.3) is 0 Å². The maximum Gasteiger partial charge on any atom is 0.211 e. The minimum Gasteiger partial charge on any atom is -0.307 e. The van der Waals surface area contributed by atoms with E-state index in [9.17, 15) is 8.42 Å². The molecule has 0 bridgehead atoms. The molecule has 1 N–H and O–H groups in total. The van der Waals surface area contributed by atoms with Gasteiger partial charge in [0, 0.05) is 25.2 Å². The highest BCUT2D eigenvalue weighted by Gasteiger charge is 2.26. The van der Waals surface area contributed by atoms with Crippen molar-refractivity contribution in [1.29, 1.82) is 0 Å². The fourth-order valence-electron chi connectivity index (χ4n) is 2.77. The van der Waals surface area contributed by atoms with Crippen molar-refractivity contribution in [1.82, 2.24) is 9.62 Å². The molecular weight excluding hydrogens is 272 g/mol. The van der Waals surface area contributed by atoms with Crippen LogP contribution in [0, 0.1) is 0 Å². The summed E-state index contributed by atoms with van der Waals surface area (Å²) >= 11 is 0. The minimum absolute atomic E-state index is 0.353. The van der Waals surface area contributed by atoms with Gasteiger partial charge in [-0.25, -0.2) is 12.7 Å². The normalized spacial score (nSPS) is 19.9. The molecule has 1 aliphatic rings. The Morgan fingerprint density at radius 3 is 2.35 bits per heavy atom. The van der Waals surface area contributed by atoms with E-state index in [1.165, 1.54) is 11.8 Å². The number of rotatable bonds is 5. The van der Waals surface area contributed by atoms with Gasteiger partial charge in [0.2, 0.25) is 10.0 Å². The number of nitrogens with zero attached hydrogens (tertiary/aromatic N) is 1. The number of hydrogen-bond acceptors (Lipinski definition) is 3. The highest BCUT2D eigenvalue weighted by molar-refractivity contribution is 7.88. The zero-order chi connectivity index (χ0) is 14.6. The average Bonchev–Trinajstić information content (AvgIpc) is 2.45. The van der Waals surface area contributed by atoms with Crippen LogP contribution < -0.4 is 5.32 Å². The summed E-state index contributed by atoms with van der Waals surface area (Å²) in [6.45, 7) is 3.43. The first-order valence-corrected chi connectivity index (χ1v) is 9.11. The van der Waals surface area contributed by atoms with Gasteiger partial charge in [-0.2, -0.15) is 0 Å². The molecule has 0 amide bonds. The quantitative estimate of drug-likeness (QED) is 0.906. The van der Waals surface area contributed by atoms with Crippen LogP contribution in [0.3, 0.4) is 0 Å². The van der Waals surface area contributed by atoms with E-state index in [1.807, 2.05) is 6.07 Å². The molecule has 1 aromatic rings. The van der Waals surface area contributed by atoms with Crippen LogP contribution in [-0.2, 0) is 10.0 Å². The van der Waals surface area contributed by atoms with Gasteiger partial charge in [0.15, 0.2) is 0 Å². The first-order valence-electron chi connectivity index (χ1n) is 7.27. The fourth-order valence-corrected chi connectivity index (χ4v) is 3.65. The smallest absolute Gasteiger partial charge is 0.211 e. The Labute approximate surface area is 122 Å². The Balaban J connectivity index is 1.91. The van der Waals surface area contributed by atoms with Crippen molar-refractivity contribution in [2.45, 2.75) is 38.3 Å². The van der Waals surface area contributed by atoms with Crippen LogP contribution in [0.5, 0.6) is 0 Å². The van der Waals surface area contributed by atoms with Crippen molar-refractivity contribution in [2.24, 2.45) is 0 Å². The Morgan fingerprint density at radius 2 is 1.85 bits per heavy atom. The summed E-state index contributed by atoms with van der Waals surface area (Å²) in [7, 11) is -3.03. The maximum atomic E-state index is 11.5. The molecule has 1 fully saturated rings. The number of hydrogen-bond donors (Lipinski definition) is 1. The third-order valence-corrected chi connectivity index (χ3v) is 5.27. The largest absolute Gasteiger partial charge is 0.307 e. The van der Waals surface area contributed by atoms with Gasteiger partial charge in [-0.15, -0.1) is 0 Å². The zero-order valence-corrected chi connectivity index (χ0v) is 13.1. The molecule has 4 nitrogen and oxygen atoms in total. The van der Waals surface area contributed by atoms with Crippen LogP contribution >= 0.6 is 0 Å². The molecule has 1 unspecified atom stereocenters. The first kappa shape index (κ1) is 15.5. The SMILES string of the molecule is CCC(NC1CCN(S(C)(=O)=O)CC1)c1ccccc1. The van der Waals surface area contributed by atoms with E-state index in [0.29, 0.717) is 25.2 Å². The van der Waals surface area contributed by atoms with E-state index in [4.69, 9.17) is 0 Å². The van der Waals surface area contributed by atoms with Gasteiger partial charge in [0.05, 0.1) is 6.26 Å². The molecule has 20 heavy (non-hydrogen) atoms. The maximum absolute atomic E-state index is 11.5. The van der Waals surface area contributed by atoms with Crippen LogP contribution in [0.2, 0.25) is 0 Å². The molecule has 1 heterocycles. The summed E-state index contributed by atoms with van der Waals surface area (Å²) in [6.07, 6.45) is 4.10. The van der Waals surface area contributed by atoms with Crippen LogP contribution in [0.1, 0.15) is 37.8 Å². The van der Waals surface area contributed by atoms with Crippen molar-refractivity contribution in [2.75, 3.05) is 19.3 Å². The monoisotopic (exact) mass is 296 g/mol. The van der Waals surface area contributed by atoms with E-state index < -0.39 is 10.0 Å². The van der Waals surface area contributed by atoms with Gasteiger partial charge < -0.3 is 5.32 Å². The van der Waals surface area contributed by atoms with E-state index in [0.717, 1.165) is 19.3 Å². The predicted molar refractivity (Wildman–Crippen MR) is 82.0 cm³/mol. The van der Waals surface area contributed by atoms with Gasteiger partial charge in [0.25, 0.3) is 0 Å². The lowest BCUT2D eigenvalue weighted by Crippen LogP contribution is -2.45. The van der Waals surface area contributed by atoms with Crippen LogP contribution in [0.4, 0.5) is 0 Å². The molecule has 0 spiro atoms. The molecule has 0 aliphatic carbocycles. The van der Waals surface area contributed by atoms with E-state index in [2.05, 4.69) is 36.5 Å². The van der Waals surface area contributed by atoms with Gasteiger partial charge in [-0.05, 0) is 24.8 Å². The molecular formula is C15H24N2O2S.